The van der Waals surface area contributed by atoms with Gasteiger partial charge in [-0.15, -0.1) is 0 Å². The molecular weight excluding hydrogens is 1300 g/mol. The fourth-order valence-corrected chi connectivity index (χ4v) is 23.4. The smallest absolute Gasteiger partial charge is 0.158 e. The second-order valence-electron chi connectivity index (χ2n) is 36.1. The molecule has 5 aliphatic heterocycles. The van der Waals surface area contributed by atoms with Gasteiger partial charge >= 0.3 is 0 Å². The van der Waals surface area contributed by atoms with Crippen LogP contribution in [-0.4, -0.2) is 51.8 Å². The number of aromatic nitrogens is 1. The summed E-state index contributed by atoms with van der Waals surface area (Å²) in [5.74, 6) is 3.73. The van der Waals surface area contributed by atoms with Gasteiger partial charge in [-0.05, 0) is 296 Å². The highest BCUT2D eigenvalue weighted by Crippen LogP contribution is 2.85. The third-order valence-corrected chi connectivity index (χ3v) is 28.3. The van der Waals surface area contributed by atoms with E-state index in [4.69, 9.17) is 26.3 Å². The summed E-state index contributed by atoms with van der Waals surface area (Å²) in [4.78, 5) is 15.2. The Morgan fingerprint density at radius 1 is 0.421 bits per heavy atom. The highest BCUT2D eigenvalue weighted by atomic mass is 16.3. The van der Waals surface area contributed by atoms with Crippen molar-refractivity contribution in [1.29, 1.82) is 0 Å². The van der Waals surface area contributed by atoms with E-state index in [0.717, 1.165) is 86.1 Å². The lowest BCUT2D eigenvalue weighted by Gasteiger charge is -2.66. The Labute approximate surface area is 671 Å². The maximum atomic E-state index is 9.58. The molecule has 7 aromatic carbocycles. The van der Waals surface area contributed by atoms with Crippen LogP contribution >= 0.6 is 0 Å². The molecular formula is C100H130N6O. The Morgan fingerprint density at radius 2 is 0.907 bits per heavy atom. The van der Waals surface area contributed by atoms with Gasteiger partial charge in [-0.25, -0.2) is 4.98 Å². The second kappa shape index (κ2) is 26.9. The lowest BCUT2D eigenvalue weighted by Crippen LogP contribution is -2.64. The minimum absolute atomic E-state index is 0.140. The summed E-state index contributed by atoms with van der Waals surface area (Å²) in [7, 11) is 0. The van der Waals surface area contributed by atoms with E-state index in [1.807, 2.05) is 151 Å². The Bertz CT molecular complexity index is 5400. The van der Waals surface area contributed by atoms with Crippen LogP contribution in [0, 0.1) is 80.0 Å². The van der Waals surface area contributed by atoms with E-state index in [2.05, 4.69) is 148 Å². The molecule has 2 aromatic heterocycles. The summed E-state index contributed by atoms with van der Waals surface area (Å²) in [6, 6.07) is 55.1. The maximum Gasteiger partial charge on any atom is 0.158 e. The molecule has 0 N–H and O–H groups in total. The lowest BCUT2D eigenvalue weighted by molar-refractivity contribution is -0.169. The predicted octanol–water partition coefficient (Wildman–Crippen LogP) is 26.5. The van der Waals surface area contributed by atoms with Crippen LogP contribution in [0.4, 0.5) is 39.9 Å². The number of hydrogen-bond donors (Lipinski definition) is 0. The van der Waals surface area contributed by atoms with Crippen LogP contribution in [0.2, 0.25) is 0 Å². The minimum Gasteiger partial charge on any atom is -0.454 e. The van der Waals surface area contributed by atoms with Crippen molar-refractivity contribution in [3.05, 3.63) is 215 Å². The van der Waals surface area contributed by atoms with Crippen molar-refractivity contribution in [3.8, 4) is 0 Å². The number of hydrogen-bond acceptors (Lipinski definition) is 7. The number of benzene rings is 7. The third kappa shape index (κ3) is 12.0. The fraction of sp³-hybridized carbons (Fsp3) is 0.530. The highest BCUT2D eigenvalue weighted by Gasteiger charge is 2.81. The van der Waals surface area contributed by atoms with Crippen molar-refractivity contribution >= 4 is 61.9 Å². The van der Waals surface area contributed by atoms with Crippen LogP contribution in [0.1, 0.15) is 264 Å². The predicted molar refractivity (Wildman–Crippen MR) is 456 cm³/mol. The molecule has 5 aliphatic carbocycles. The Kier molecular flexibility index (Phi) is 14.0. The summed E-state index contributed by atoms with van der Waals surface area (Å²) in [5.41, 5.74) is 7.70. The number of nitrogens with zero attached hydrogens (tertiary/aromatic N) is 6. The normalized spacial score (nSPS) is 35.7. The van der Waals surface area contributed by atoms with Crippen LogP contribution < -0.4 is 24.5 Å². The van der Waals surface area contributed by atoms with Crippen LogP contribution in [0.15, 0.2) is 180 Å². The van der Waals surface area contributed by atoms with E-state index < -0.39 is 85.4 Å². The van der Waals surface area contributed by atoms with Crippen molar-refractivity contribution in [1.82, 2.24) is 4.98 Å². The summed E-state index contributed by atoms with van der Waals surface area (Å²) in [6.07, 6.45) is 9.29. The molecule has 3 bridgehead atoms. The van der Waals surface area contributed by atoms with Crippen molar-refractivity contribution in [2.75, 3.05) is 24.5 Å². The van der Waals surface area contributed by atoms with Crippen LogP contribution in [0.25, 0.3) is 21.9 Å². The van der Waals surface area contributed by atoms with Crippen molar-refractivity contribution in [2.24, 2.45) is 45.3 Å². The zero-order valence-electron chi connectivity index (χ0n) is 85.1. The molecule has 10 aliphatic rings. The average molecular weight is 1450 g/mol. The van der Waals surface area contributed by atoms with Crippen LogP contribution in [0.3, 0.4) is 0 Å². The van der Waals surface area contributed by atoms with Gasteiger partial charge in [0.25, 0.3) is 0 Å². The molecule has 11 atom stereocenters. The van der Waals surface area contributed by atoms with E-state index in [9.17, 15) is 2.74 Å². The quantitative estimate of drug-likeness (QED) is 0.170. The molecule has 0 radical (unpaired) electrons. The van der Waals surface area contributed by atoms with Gasteiger partial charge in [-0.2, -0.15) is 0 Å². The van der Waals surface area contributed by atoms with Gasteiger partial charge in [0.05, 0.1) is 5.69 Å². The van der Waals surface area contributed by atoms with Crippen LogP contribution in [-0.2, 0) is 10.8 Å². The Hall–Kier alpha value is -7.51. The number of rotatable bonds is 5. The summed E-state index contributed by atoms with van der Waals surface area (Å²) >= 11 is 0. The average Bonchev–Trinajstić information content (AvgIpc) is 1.44. The number of furan rings is 1. The van der Waals surface area contributed by atoms with Crippen LogP contribution in [0.5, 0.6) is 0 Å². The topological polar surface area (TPSA) is 42.2 Å². The first-order valence-corrected chi connectivity index (χ1v) is 40.2. The zero-order valence-corrected chi connectivity index (χ0v) is 67.1. The lowest BCUT2D eigenvalue weighted by atomic mass is 9.38. The molecule has 19 rings (SSSR count). The molecule has 5 saturated carbocycles. The van der Waals surface area contributed by atoms with Crippen molar-refractivity contribution < 1.29 is 29.1 Å². The second-order valence-corrected chi connectivity index (χ2v) is 36.1. The van der Waals surface area contributed by atoms with Crippen molar-refractivity contribution in [2.45, 2.75) is 293 Å². The maximum absolute atomic E-state index is 9.58. The standard InChI is InChI=1S/C24H33N.C22H27NO.C19H29N.C18H21N.C17H20N2/c1-15-7-5-6-8-19(15)25-16(2)24(14-22(25,3)4)20-10-17-9-18-11-21(24)23(20,12-17)13-18;1-14-11-12-17-16-9-7-8-10-18(16)24-20(17)19(14)23-15(2)21(3,4)13-22(23,5)6;1-15-10-6-7-11-17(15)20-16(2)19(14-18(20,3)4)12-8-5-9-13-19;1-13-9-5-7-11-16(13)19-14(2)18(3,4)15-10-6-8-12-17(15)19;1-12-8-5-6-10-15(12)19-13(2)17(3,4)14-9-7-11-18-16(14)19/h5-8,16-18,20-21H,9-14H2,1-4H3;7-12,15H,13H2,1-6H3;6-7,10-11,16H,5,8-9,12-14H2,1-4H3;5-12,14H,1-4H3;5-11,13H,1-4H3/i14D2;3D3,4D3,13D2;14D2;2*3D3. The molecule has 0 amide bonds. The van der Waals surface area contributed by atoms with E-state index in [-0.39, 0.29) is 35.0 Å². The van der Waals surface area contributed by atoms with Gasteiger partial charge in [-0.3, -0.25) is 0 Å². The largest absolute Gasteiger partial charge is 0.454 e. The molecule has 11 unspecified atom stereocenters. The first kappa shape index (κ1) is 55.8. The molecule has 7 heterocycles. The SMILES string of the molecule is [2H]C([2H])([2H])C1(C([2H])([2H])[2H])C(C)N(c2c(C)ccc3c2oc2ccccc23)C(C)(C)C1([2H])[2H].[2H]C([2H])([2H])C1(C)c2ccccc2N(c2ccccc2C)C1C.[2H]C([2H])([2H])C1(C)c2cccnc2N(c2ccccc2C)C1C.[2H]C1([2H])C2(C(C)N(c3ccccc3C)C1(C)C)C1CC3CC4CC2C1(C3)C4.[2H]C1([2H])C2(CCCCC2)C(C)N(c2ccccc2C)C1(C)C. The number of anilines is 7. The van der Waals surface area contributed by atoms with Crippen molar-refractivity contribution in [3.63, 3.8) is 0 Å². The van der Waals surface area contributed by atoms with Gasteiger partial charge in [0.15, 0.2) is 5.58 Å². The third-order valence-electron chi connectivity index (χ3n) is 28.3. The minimum atomic E-state index is -3.08. The number of para-hydroxylation sites is 6. The van der Waals surface area contributed by atoms with Gasteiger partial charge in [0.2, 0.25) is 0 Å². The van der Waals surface area contributed by atoms with Gasteiger partial charge < -0.3 is 28.9 Å². The molecule has 3 spiro atoms. The van der Waals surface area contributed by atoms with Gasteiger partial charge in [0.1, 0.15) is 11.4 Å². The molecule has 9 aromatic rings. The molecule has 7 heteroatoms. The first-order valence-electron chi connectivity index (χ1n) is 49.2. The summed E-state index contributed by atoms with van der Waals surface area (Å²) < 4.78 is 159. The highest BCUT2D eigenvalue weighted by molar-refractivity contribution is 6.09. The van der Waals surface area contributed by atoms with E-state index in [0.29, 0.717) is 34.1 Å². The molecule has 566 valence electrons. The van der Waals surface area contributed by atoms with E-state index in [1.54, 1.807) is 24.9 Å². The molecule has 3 saturated heterocycles. The first-order chi connectivity index (χ1) is 58.0. The molecule has 7 nitrogen and oxygen atoms in total. The Morgan fingerprint density at radius 3 is 1.48 bits per heavy atom. The molecule has 107 heavy (non-hydrogen) atoms. The number of pyridine rings is 1. The van der Waals surface area contributed by atoms with E-state index in [1.165, 1.54) is 80.8 Å². The van der Waals surface area contributed by atoms with E-state index >= 15 is 0 Å². The Balaban J connectivity index is 0.000000122. The summed E-state index contributed by atoms with van der Waals surface area (Å²) in [5, 5.41) is 1.69. The number of aryl methyl sites for hydroxylation is 5. The zero-order chi connectivity index (χ0) is 91.5. The van der Waals surface area contributed by atoms with Gasteiger partial charge in [0, 0.05) is 133 Å². The fourth-order valence-electron chi connectivity index (χ4n) is 23.4. The van der Waals surface area contributed by atoms with Gasteiger partial charge in [-0.1, -0.05) is 188 Å². The monoisotopic (exact) mass is 1450 g/mol. The number of fused-ring (bicyclic) bond motifs is 9. The summed E-state index contributed by atoms with van der Waals surface area (Å²) in [6.45, 7) is 25.4. The molecule has 8 fully saturated rings.